The number of amides is 1. The van der Waals surface area contributed by atoms with Crippen molar-refractivity contribution in [3.05, 3.63) is 11.9 Å². The van der Waals surface area contributed by atoms with Gasteiger partial charge in [-0.05, 0) is 6.92 Å². The number of carbonyl (C=O) groups is 2. The molecule has 1 aromatic heterocycles. The fraction of sp³-hybridized carbons (Fsp3) is 0.556. The molecule has 0 fully saturated rings. The van der Waals surface area contributed by atoms with Gasteiger partial charge in [-0.1, -0.05) is 5.21 Å². The number of alkyl halides is 3. The monoisotopic (exact) mass is 264 g/mol. The van der Waals surface area contributed by atoms with Gasteiger partial charge in [0.05, 0.1) is 6.20 Å². The molecule has 1 amide bonds. The maximum absolute atomic E-state index is 12.1. The first-order valence-corrected chi connectivity index (χ1v) is 5.01. The average Bonchev–Trinajstić information content (AvgIpc) is 2.73. The molecular formula is C9H11F3N4O2. The van der Waals surface area contributed by atoms with Crippen LogP contribution < -0.4 is 0 Å². The number of nitrogens with zero attached hydrogens (tertiary/aromatic N) is 4. The third-order valence-electron chi connectivity index (χ3n) is 2.23. The van der Waals surface area contributed by atoms with E-state index in [0.29, 0.717) is 6.54 Å². The molecular weight excluding hydrogens is 253 g/mol. The van der Waals surface area contributed by atoms with Crippen molar-refractivity contribution in [1.82, 2.24) is 19.9 Å². The Morgan fingerprint density at radius 3 is 2.56 bits per heavy atom. The van der Waals surface area contributed by atoms with Crippen LogP contribution in [0.1, 0.15) is 17.4 Å². The van der Waals surface area contributed by atoms with Crippen LogP contribution in [0.15, 0.2) is 6.20 Å². The lowest BCUT2D eigenvalue weighted by Gasteiger charge is -2.13. The number of hydrogen-bond acceptors (Lipinski definition) is 4. The molecule has 0 unspecified atom stereocenters. The van der Waals surface area contributed by atoms with Crippen LogP contribution in [-0.4, -0.2) is 51.4 Å². The Bertz CT molecular complexity index is 455. The molecule has 1 rings (SSSR count). The van der Waals surface area contributed by atoms with E-state index >= 15 is 0 Å². The number of likely N-dealkylation sites (N-methyl/N-ethyl adjacent to an activating group) is 1. The normalized spacial score (nSPS) is 11.4. The summed E-state index contributed by atoms with van der Waals surface area (Å²) in [4.78, 5) is 23.6. The van der Waals surface area contributed by atoms with E-state index in [1.807, 2.05) is 0 Å². The highest BCUT2D eigenvalue weighted by Crippen LogP contribution is 2.19. The van der Waals surface area contributed by atoms with Gasteiger partial charge in [-0.2, -0.15) is 13.2 Å². The fourth-order valence-electron chi connectivity index (χ4n) is 1.06. The predicted molar refractivity (Wildman–Crippen MR) is 53.7 cm³/mol. The third-order valence-corrected chi connectivity index (χ3v) is 2.23. The van der Waals surface area contributed by atoms with Crippen LogP contribution in [0.25, 0.3) is 0 Å². The van der Waals surface area contributed by atoms with E-state index in [1.165, 1.54) is 4.90 Å². The van der Waals surface area contributed by atoms with Gasteiger partial charge >= 0.3 is 6.18 Å². The molecule has 1 heterocycles. The van der Waals surface area contributed by atoms with Gasteiger partial charge in [0.1, 0.15) is 6.54 Å². The molecule has 0 N–H and O–H groups in total. The summed E-state index contributed by atoms with van der Waals surface area (Å²) in [6.07, 6.45) is -4.19. The lowest BCUT2D eigenvalue weighted by molar-refractivity contribution is -0.130. The Kier molecular flexibility index (Phi) is 4.04. The van der Waals surface area contributed by atoms with Crippen LogP contribution in [0.4, 0.5) is 13.2 Å². The molecule has 6 nitrogen and oxygen atoms in total. The second-order valence-electron chi connectivity index (χ2n) is 3.54. The molecule has 0 bridgehead atoms. The standard InChI is InChI=1S/C9H11F3N4O2/c1-3-15(2)7(17)5-16-4-6(13-14-16)8(18)9(10,11)12/h4H,3,5H2,1-2H3. The minimum Gasteiger partial charge on any atom is -0.344 e. The van der Waals surface area contributed by atoms with Crippen molar-refractivity contribution in [3.8, 4) is 0 Å². The topological polar surface area (TPSA) is 68.1 Å². The van der Waals surface area contributed by atoms with Gasteiger partial charge in [-0.15, -0.1) is 5.10 Å². The van der Waals surface area contributed by atoms with Crippen molar-refractivity contribution in [2.75, 3.05) is 13.6 Å². The van der Waals surface area contributed by atoms with Gasteiger partial charge in [0, 0.05) is 13.6 Å². The second-order valence-corrected chi connectivity index (χ2v) is 3.54. The lowest BCUT2D eigenvalue weighted by Crippen LogP contribution is -2.30. The van der Waals surface area contributed by atoms with Crippen LogP contribution >= 0.6 is 0 Å². The zero-order valence-corrected chi connectivity index (χ0v) is 9.73. The van der Waals surface area contributed by atoms with Crippen LogP contribution in [-0.2, 0) is 11.3 Å². The highest BCUT2D eigenvalue weighted by molar-refractivity contribution is 5.98. The molecule has 0 radical (unpaired) electrons. The average molecular weight is 264 g/mol. The Morgan fingerprint density at radius 2 is 2.06 bits per heavy atom. The van der Waals surface area contributed by atoms with Gasteiger partial charge < -0.3 is 4.90 Å². The van der Waals surface area contributed by atoms with Crippen LogP contribution in [0.2, 0.25) is 0 Å². The molecule has 0 aliphatic rings. The van der Waals surface area contributed by atoms with E-state index in [1.54, 1.807) is 14.0 Å². The zero-order valence-electron chi connectivity index (χ0n) is 9.73. The largest absolute Gasteiger partial charge is 0.456 e. The number of carbonyl (C=O) groups excluding carboxylic acids is 2. The van der Waals surface area contributed by atoms with E-state index in [9.17, 15) is 22.8 Å². The Labute approximate surface area is 100 Å². The van der Waals surface area contributed by atoms with Crippen LogP contribution in [0.3, 0.4) is 0 Å². The van der Waals surface area contributed by atoms with Gasteiger partial charge in [0.2, 0.25) is 5.91 Å². The molecule has 0 aromatic carbocycles. The van der Waals surface area contributed by atoms with Gasteiger partial charge in [0.15, 0.2) is 5.69 Å². The van der Waals surface area contributed by atoms with E-state index < -0.39 is 17.7 Å². The molecule has 0 atom stereocenters. The molecule has 0 saturated heterocycles. The van der Waals surface area contributed by atoms with E-state index in [2.05, 4.69) is 10.3 Å². The number of aromatic nitrogens is 3. The van der Waals surface area contributed by atoms with Crippen molar-refractivity contribution < 1.29 is 22.8 Å². The van der Waals surface area contributed by atoms with Crippen LogP contribution in [0, 0.1) is 0 Å². The quantitative estimate of drug-likeness (QED) is 0.743. The molecule has 0 saturated carbocycles. The molecule has 18 heavy (non-hydrogen) atoms. The Morgan fingerprint density at radius 1 is 1.44 bits per heavy atom. The van der Waals surface area contributed by atoms with Crippen molar-refractivity contribution >= 4 is 11.7 Å². The SMILES string of the molecule is CCN(C)C(=O)Cn1cc(C(=O)C(F)(F)F)nn1. The minimum absolute atomic E-state index is 0.261. The summed E-state index contributed by atoms with van der Waals surface area (Å²) in [5.74, 6) is -2.42. The van der Waals surface area contributed by atoms with Gasteiger partial charge in [0.25, 0.3) is 5.78 Å². The summed E-state index contributed by atoms with van der Waals surface area (Å²) in [5.41, 5.74) is -0.825. The maximum atomic E-state index is 12.1. The summed E-state index contributed by atoms with van der Waals surface area (Å²) < 4.78 is 37.2. The van der Waals surface area contributed by atoms with E-state index in [0.717, 1.165) is 10.9 Å². The first-order chi connectivity index (χ1) is 8.25. The highest BCUT2D eigenvalue weighted by atomic mass is 19.4. The molecule has 100 valence electrons. The summed E-state index contributed by atoms with van der Waals surface area (Å²) in [6.45, 7) is 1.95. The van der Waals surface area contributed by atoms with Crippen LogP contribution in [0.5, 0.6) is 0 Å². The number of rotatable bonds is 4. The minimum atomic E-state index is -4.99. The number of ketones is 1. The molecule has 1 aromatic rings. The lowest BCUT2D eigenvalue weighted by atomic mass is 10.3. The summed E-state index contributed by atoms with van der Waals surface area (Å²) in [6, 6.07) is 0. The van der Waals surface area contributed by atoms with Gasteiger partial charge in [-0.25, -0.2) is 4.68 Å². The first kappa shape index (κ1) is 14.1. The highest BCUT2D eigenvalue weighted by Gasteiger charge is 2.41. The molecule has 9 heteroatoms. The van der Waals surface area contributed by atoms with Crippen molar-refractivity contribution in [3.63, 3.8) is 0 Å². The zero-order chi connectivity index (χ0) is 13.9. The first-order valence-electron chi connectivity index (χ1n) is 5.01. The Balaban J connectivity index is 2.76. The molecule has 0 aliphatic carbocycles. The van der Waals surface area contributed by atoms with E-state index in [-0.39, 0.29) is 12.5 Å². The summed E-state index contributed by atoms with van der Waals surface area (Å²) in [7, 11) is 1.54. The van der Waals surface area contributed by atoms with Crippen molar-refractivity contribution in [1.29, 1.82) is 0 Å². The maximum Gasteiger partial charge on any atom is 0.456 e. The van der Waals surface area contributed by atoms with E-state index in [4.69, 9.17) is 0 Å². The summed E-state index contributed by atoms with van der Waals surface area (Å²) in [5, 5.41) is 6.40. The summed E-state index contributed by atoms with van der Waals surface area (Å²) >= 11 is 0. The number of halogens is 3. The predicted octanol–water partition coefficient (Wildman–Crippen LogP) is 0.501. The van der Waals surface area contributed by atoms with Gasteiger partial charge in [-0.3, -0.25) is 9.59 Å². The number of hydrogen-bond donors (Lipinski definition) is 0. The van der Waals surface area contributed by atoms with Crippen molar-refractivity contribution in [2.24, 2.45) is 0 Å². The fourth-order valence-corrected chi connectivity index (χ4v) is 1.06. The molecule has 0 aliphatic heterocycles. The Hall–Kier alpha value is -1.93. The molecule has 0 spiro atoms. The smallest absolute Gasteiger partial charge is 0.344 e. The third kappa shape index (κ3) is 3.28. The number of Topliss-reactive ketones (excluding diaryl/α,β-unsaturated/α-hetero) is 1. The van der Waals surface area contributed by atoms with Crippen molar-refractivity contribution in [2.45, 2.75) is 19.6 Å². The second kappa shape index (κ2) is 5.15.